The molecule has 0 unspecified atom stereocenters. The Bertz CT molecular complexity index is 1780. The predicted octanol–water partition coefficient (Wildman–Crippen LogP) is 8.03. The van der Waals surface area contributed by atoms with Gasteiger partial charge in [-0.1, -0.05) is 101 Å². The highest BCUT2D eigenvalue weighted by atomic mass is 16.3. The van der Waals surface area contributed by atoms with Crippen LogP contribution in [0.2, 0.25) is 0 Å². The summed E-state index contributed by atoms with van der Waals surface area (Å²) < 4.78 is 0. The minimum atomic E-state index is 0.179. The maximum Gasteiger partial charge on any atom is 0.123 e. The first kappa shape index (κ1) is 30.3. The molecule has 0 saturated carbocycles. The zero-order valence-corrected chi connectivity index (χ0v) is 26.5. The number of rotatable bonds is 2. The summed E-state index contributed by atoms with van der Waals surface area (Å²) in [4.78, 5) is 2.24. The minimum absolute atomic E-state index is 0.179. The Kier molecular flexibility index (Phi) is 8.30. The first-order chi connectivity index (χ1) is 21.5. The van der Waals surface area contributed by atoms with Crippen LogP contribution in [0.4, 0.5) is 0 Å². The lowest BCUT2D eigenvalue weighted by Gasteiger charge is -2.25. The van der Waals surface area contributed by atoms with E-state index in [4.69, 9.17) is 0 Å². The van der Waals surface area contributed by atoms with Gasteiger partial charge in [0.1, 0.15) is 23.0 Å². The molecule has 0 radical (unpaired) electrons. The van der Waals surface area contributed by atoms with Crippen molar-refractivity contribution in [3.63, 3.8) is 0 Å². The molecular formula is C40H41NO4. The van der Waals surface area contributed by atoms with Gasteiger partial charge < -0.3 is 20.4 Å². The molecule has 0 aromatic heterocycles. The minimum Gasteiger partial charge on any atom is -0.507 e. The lowest BCUT2D eigenvalue weighted by atomic mass is 9.91. The third-order valence-electron chi connectivity index (χ3n) is 8.83. The summed E-state index contributed by atoms with van der Waals surface area (Å²) >= 11 is 0. The lowest BCUT2D eigenvalue weighted by molar-refractivity contribution is 0.240. The van der Waals surface area contributed by atoms with Gasteiger partial charge in [-0.3, -0.25) is 4.90 Å². The fourth-order valence-corrected chi connectivity index (χ4v) is 6.89. The van der Waals surface area contributed by atoms with Crippen LogP contribution < -0.4 is 0 Å². The van der Waals surface area contributed by atoms with Crippen LogP contribution in [0, 0.1) is 27.7 Å². The molecular weight excluding hydrogens is 558 g/mol. The highest BCUT2D eigenvalue weighted by molar-refractivity contribution is 5.55. The Hall–Kier alpha value is -4.74. The van der Waals surface area contributed by atoms with Crippen molar-refractivity contribution in [2.45, 2.75) is 66.6 Å². The Morgan fingerprint density at radius 3 is 1.07 bits per heavy atom. The molecule has 5 aromatic carbocycles. The van der Waals surface area contributed by atoms with Crippen LogP contribution >= 0.6 is 0 Å². The molecule has 6 rings (SSSR count). The van der Waals surface area contributed by atoms with Crippen molar-refractivity contribution in [2.24, 2.45) is 0 Å². The second-order valence-electron chi connectivity index (χ2n) is 12.9. The molecule has 5 nitrogen and oxygen atoms in total. The van der Waals surface area contributed by atoms with Crippen molar-refractivity contribution < 1.29 is 20.4 Å². The molecule has 0 atom stereocenters. The van der Waals surface area contributed by atoms with Gasteiger partial charge in [0.15, 0.2) is 0 Å². The number of aromatic hydroxyl groups is 4. The van der Waals surface area contributed by atoms with Crippen molar-refractivity contribution in [2.75, 3.05) is 0 Å². The van der Waals surface area contributed by atoms with Crippen LogP contribution in [-0.2, 0) is 38.9 Å². The fraction of sp³-hybridized carbons (Fsp3) is 0.250. The van der Waals surface area contributed by atoms with E-state index in [-0.39, 0.29) is 23.0 Å². The molecule has 0 amide bonds. The summed E-state index contributed by atoms with van der Waals surface area (Å²) in [5.74, 6) is 0.798. The van der Waals surface area contributed by atoms with Gasteiger partial charge in [0.25, 0.3) is 0 Å². The van der Waals surface area contributed by atoms with Crippen molar-refractivity contribution in [3.8, 4) is 23.0 Å². The number of phenols is 4. The first-order valence-corrected chi connectivity index (χ1v) is 15.6. The average molecular weight is 600 g/mol. The molecule has 0 fully saturated rings. The van der Waals surface area contributed by atoms with Gasteiger partial charge in [0.2, 0.25) is 0 Å². The summed E-state index contributed by atoms with van der Waals surface area (Å²) in [6, 6.07) is 26.1. The molecule has 1 aliphatic heterocycles. The second kappa shape index (κ2) is 12.3. The Labute approximate surface area is 265 Å². The number of benzene rings is 5. The normalized spacial score (nSPS) is 13.7. The fourth-order valence-electron chi connectivity index (χ4n) is 6.89. The van der Waals surface area contributed by atoms with Crippen LogP contribution in [0.25, 0.3) is 0 Å². The van der Waals surface area contributed by atoms with E-state index in [0.29, 0.717) is 38.9 Å². The Morgan fingerprint density at radius 2 is 0.733 bits per heavy atom. The van der Waals surface area contributed by atoms with E-state index < -0.39 is 0 Å². The Morgan fingerprint density at radius 1 is 0.444 bits per heavy atom. The highest BCUT2D eigenvalue weighted by Gasteiger charge is 2.21. The number of fused-ring (bicyclic) bond motifs is 8. The molecule has 4 N–H and O–H groups in total. The van der Waals surface area contributed by atoms with E-state index in [1.165, 1.54) is 0 Å². The third kappa shape index (κ3) is 6.54. The number of hydrogen-bond acceptors (Lipinski definition) is 5. The van der Waals surface area contributed by atoms with Crippen LogP contribution in [0.5, 0.6) is 23.0 Å². The average Bonchev–Trinajstić information content (AvgIpc) is 2.98. The zero-order chi connectivity index (χ0) is 31.8. The van der Waals surface area contributed by atoms with E-state index in [0.717, 1.165) is 72.3 Å². The largest absolute Gasteiger partial charge is 0.507 e. The zero-order valence-electron chi connectivity index (χ0n) is 26.5. The quantitative estimate of drug-likeness (QED) is 0.165. The maximum atomic E-state index is 11.6. The molecule has 230 valence electrons. The second-order valence-corrected chi connectivity index (χ2v) is 12.9. The molecule has 1 aliphatic rings. The van der Waals surface area contributed by atoms with Gasteiger partial charge in [-0.2, -0.15) is 0 Å². The predicted molar refractivity (Wildman–Crippen MR) is 179 cm³/mol. The first-order valence-electron chi connectivity index (χ1n) is 15.6. The summed E-state index contributed by atoms with van der Waals surface area (Å²) in [5, 5.41) is 46.3. The molecule has 8 bridgehead atoms. The van der Waals surface area contributed by atoms with Crippen LogP contribution in [-0.4, -0.2) is 25.3 Å². The third-order valence-corrected chi connectivity index (χ3v) is 8.83. The van der Waals surface area contributed by atoms with Gasteiger partial charge in [-0.25, -0.2) is 0 Å². The van der Waals surface area contributed by atoms with Crippen molar-refractivity contribution >= 4 is 0 Å². The lowest BCUT2D eigenvalue weighted by Crippen LogP contribution is -2.23. The smallest absolute Gasteiger partial charge is 0.123 e. The van der Waals surface area contributed by atoms with Gasteiger partial charge >= 0.3 is 0 Å². The van der Waals surface area contributed by atoms with Gasteiger partial charge in [-0.15, -0.1) is 0 Å². The van der Waals surface area contributed by atoms with E-state index in [1.54, 1.807) is 0 Å². The standard InChI is InChI=1S/C40H41NO4/c1-24-10-29-18-30-11-25(2)13-32(38(30)43)20-34-15-27(4)17-36(40(34)45)23-41(21-28-8-6-5-7-9-28)22-35-16-26(3)14-33(39(35)44)19-31(12-24)37(29)42/h5-17,42-45H,18-23H2,1-4H3. The summed E-state index contributed by atoms with van der Waals surface area (Å²) in [6.07, 6.45) is 1.09. The van der Waals surface area contributed by atoms with Gasteiger partial charge in [0.05, 0.1) is 0 Å². The van der Waals surface area contributed by atoms with E-state index in [2.05, 4.69) is 17.0 Å². The van der Waals surface area contributed by atoms with Gasteiger partial charge in [-0.05, 0) is 66.6 Å². The number of aryl methyl sites for hydroxylation is 4. The van der Waals surface area contributed by atoms with Crippen LogP contribution in [0.15, 0.2) is 78.9 Å². The topological polar surface area (TPSA) is 84.2 Å². The molecule has 0 aliphatic carbocycles. The van der Waals surface area contributed by atoms with E-state index >= 15 is 0 Å². The summed E-state index contributed by atoms with van der Waals surface area (Å²) in [6.45, 7) is 9.60. The summed E-state index contributed by atoms with van der Waals surface area (Å²) in [5.41, 5.74) is 11.2. The van der Waals surface area contributed by atoms with E-state index in [9.17, 15) is 20.4 Å². The number of hydrogen-bond donors (Lipinski definition) is 4. The van der Waals surface area contributed by atoms with Crippen molar-refractivity contribution in [3.05, 3.63) is 151 Å². The van der Waals surface area contributed by atoms with Crippen molar-refractivity contribution in [1.29, 1.82) is 0 Å². The molecule has 45 heavy (non-hydrogen) atoms. The molecule has 0 spiro atoms. The maximum absolute atomic E-state index is 11.6. The molecule has 1 heterocycles. The van der Waals surface area contributed by atoms with Crippen LogP contribution in [0.1, 0.15) is 72.3 Å². The summed E-state index contributed by atoms with van der Waals surface area (Å²) in [7, 11) is 0. The highest BCUT2D eigenvalue weighted by Crippen LogP contribution is 2.38. The molecule has 5 aromatic rings. The van der Waals surface area contributed by atoms with Crippen LogP contribution in [0.3, 0.4) is 0 Å². The van der Waals surface area contributed by atoms with Crippen molar-refractivity contribution in [1.82, 2.24) is 4.90 Å². The SMILES string of the molecule is Cc1cc2c(O)c(c1)Cc1cc(C)cc(c1O)CN(Cc1ccccc1)Cc1cc(C)cc(c1O)Cc1cc(C)cc(c1O)C2. The molecule has 5 heteroatoms. The monoisotopic (exact) mass is 599 g/mol. The van der Waals surface area contributed by atoms with Gasteiger partial charge in [0, 0.05) is 50.0 Å². The molecule has 0 saturated heterocycles. The Balaban J connectivity index is 1.55. The number of phenolic OH excluding ortho intramolecular Hbond substituents is 4. The number of nitrogens with zero attached hydrogens (tertiary/aromatic N) is 1. The van der Waals surface area contributed by atoms with E-state index in [1.807, 2.05) is 94.4 Å².